The van der Waals surface area contributed by atoms with Gasteiger partial charge in [0.2, 0.25) is 0 Å². The molecular formula is C23H21N3O3S. The van der Waals surface area contributed by atoms with Gasteiger partial charge in [-0.05, 0) is 55.3 Å². The fourth-order valence-electron chi connectivity index (χ4n) is 3.49. The third-order valence-electron chi connectivity index (χ3n) is 5.11. The van der Waals surface area contributed by atoms with E-state index in [0.717, 1.165) is 29.8 Å². The van der Waals surface area contributed by atoms with Crippen LogP contribution in [0.5, 0.6) is 0 Å². The van der Waals surface area contributed by atoms with Gasteiger partial charge in [-0.15, -0.1) is 0 Å². The van der Waals surface area contributed by atoms with Crippen molar-refractivity contribution >= 4 is 33.1 Å². The number of benzene rings is 3. The van der Waals surface area contributed by atoms with Crippen LogP contribution in [0.3, 0.4) is 0 Å². The highest BCUT2D eigenvalue weighted by molar-refractivity contribution is 7.92. The summed E-state index contributed by atoms with van der Waals surface area (Å²) in [6, 6.07) is 24.8. The lowest BCUT2D eigenvalue weighted by Crippen LogP contribution is -2.35. The molecule has 5 rings (SSSR count). The summed E-state index contributed by atoms with van der Waals surface area (Å²) >= 11 is 0. The lowest BCUT2D eigenvalue weighted by molar-refractivity contribution is 0.278. The van der Waals surface area contributed by atoms with Crippen molar-refractivity contribution in [3.63, 3.8) is 0 Å². The monoisotopic (exact) mass is 419 g/mol. The molecule has 1 aliphatic heterocycles. The lowest BCUT2D eigenvalue weighted by atomic mass is 10.1. The van der Waals surface area contributed by atoms with Gasteiger partial charge in [-0.25, -0.2) is 8.42 Å². The van der Waals surface area contributed by atoms with E-state index in [0.29, 0.717) is 24.4 Å². The molecule has 30 heavy (non-hydrogen) atoms. The van der Waals surface area contributed by atoms with Crippen LogP contribution in [0, 0.1) is 0 Å². The van der Waals surface area contributed by atoms with Crippen LogP contribution in [-0.4, -0.2) is 20.5 Å². The highest BCUT2D eigenvalue weighted by atomic mass is 32.2. The van der Waals surface area contributed by atoms with Crippen LogP contribution >= 0.6 is 0 Å². The fraction of sp³-hybridized carbons (Fsp3) is 0.174. The summed E-state index contributed by atoms with van der Waals surface area (Å²) in [5, 5.41) is 0. The van der Waals surface area contributed by atoms with Crippen LogP contribution < -0.4 is 9.62 Å². The van der Waals surface area contributed by atoms with Crippen LogP contribution in [0.15, 0.2) is 88.8 Å². The molecule has 0 amide bonds. The van der Waals surface area contributed by atoms with Crippen molar-refractivity contribution in [3.05, 3.63) is 84.4 Å². The molecule has 1 heterocycles. The van der Waals surface area contributed by atoms with Gasteiger partial charge in [-0.1, -0.05) is 36.4 Å². The molecule has 0 atom stereocenters. The second kappa shape index (κ2) is 7.50. The quantitative estimate of drug-likeness (QED) is 0.652. The fourth-order valence-corrected chi connectivity index (χ4v) is 4.56. The number of para-hydroxylation sites is 1. The van der Waals surface area contributed by atoms with Gasteiger partial charge in [0.15, 0.2) is 0 Å². The molecule has 152 valence electrons. The van der Waals surface area contributed by atoms with Crippen LogP contribution in [0.25, 0.3) is 0 Å². The molecule has 1 fully saturated rings. The number of anilines is 2. The number of sulfonamides is 1. The molecule has 0 bridgehead atoms. The van der Waals surface area contributed by atoms with Gasteiger partial charge in [-0.2, -0.15) is 4.99 Å². The molecule has 6 nitrogen and oxygen atoms in total. The summed E-state index contributed by atoms with van der Waals surface area (Å²) in [7, 11) is -3.64. The molecule has 1 saturated carbocycles. The first-order valence-corrected chi connectivity index (χ1v) is 11.3. The number of nitrogens with zero attached hydrogens (tertiary/aromatic N) is 2. The van der Waals surface area contributed by atoms with Gasteiger partial charge < -0.3 is 4.74 Å². The lowest BCUT2D eigenvalue weighted by Gasteiger charge is -2.28. The van der Waals surface area contributed by atoms with E-state index in [1.165, 1.54) is 0 Å². The van der Waals surface area contributed by atoms with Crippen molar-refractivity contribution in [2.45, 2.75) is 30.4 Å². The first-order chi connectivity index (χ1) is 14.6. The number of amidine groups is 1. The molecule has 3 aromatic carbocycles. The van der Waals surface area contributed by atoms with E-state index in [2.05, 4.69) is 21.8 Å². The number of nitrogens with one attached hydrogen (secondary N) is 1. The SMILES string of the molecule is O=S(=O)(Nc1ccc2c(c1)COC(N(c1ccccc1)C1CC1)=N2)c1ccccc1. The van der Waals surface area contributed by atoms with Crippen LogP contribution in [0.4, 0.5) is 17.1 Å². The van der Waals surface area contributed by atoms with Gasteiger partial charge in [0.1, 0.15) is 6.61 Å². The summed E-state index contributed by atoms with van der Waals surface area (Å²) in [6.07, 6.45) is 2.23. The standard InChI is InChI=1S/C23H21N3O3S/c27-30(28,21-9-5-2-6-10-21)25-18-11-14-22-17(15-18)16-29-23(24-22)26(20-12-13-20)19-7-3-1-4-8-19/h1-11,14-15,20,25H,12-13,16H2. The zero-order valence-electron chi connectivity index (χ0n) is 16.2. The Morgan fingerprint density at radius 3 is 2.33 bits per heavy atom. The molecule has 1 N–H and O–H groups in total. The molecule has 2 aliphatic rings. The Kier molecular flexibility index (Phi) is 4.67. The van der Waals surface area contributed by atoms with Gasteiger partial charge in [0, 0.05) is 23.0 Å². The summed E-state index contributed by atoms with van der Waals surface area (Å²) < 4.78 is 33.8. The normalized spacial score (nSPS) is 15.5. The predicted molar refractivity (Wildman–Crippen MR) is 118 cm³/mol. The van der Waals surface area contributed by atoms with E-state index in [1.807, 2.05) is 24.3 Å². The Morgan fingerprint density at radius 2 is 1.63 bits per heavy atom. The van der Waals surface area contributed by atoms with Crippen molar-refractivity contribution in [2.24, 2.45) is 4.99 Å². The predicted octanol–water partition coefficient (Wildman–Crippen LogP) is 4.67. The van der Waals surface area contributed by atoms with E-state index in [9.17, 15) is 8.42 Å². The first kappa shape index (κ1) is 18.7. The minimum Gasteiger partial charge on any atom is -0.460 e. The summed E-state index contributed by atoms with van der Waals surface area (Å²) in [6.45, 7) is 0.338. The highest BCUT2D eigenvalue weighted by Gasteiger charge is 2.34. The van der Waals surface area contributed by atoms with E-state index < -0.39 is 10.0 Å². The molecule has 0 radical (unpaired) electrons. The third-order valence-corrected chi connectivity index (χ3v) is 6.51. The molecule has 0 saturated heterocycles. The molecule has 0 spiro atoms. The van der Waals surface area contributed by atoms with E-state index in [1.54, 1.807) is 42.5 Å². The van der Waals surface area contributed by atoms with Gasteiger partial charge in [0.25, 0.3) is 16.0 Å². The molecular weight excluding hydrogens is 398 g/mol. The maximum Gasteiger partial charge on any atom is 0.297 e. The Labute approximate surface area is 175 Å². The number of rotatable bonds is 5. The Morgan fingerprint density at radius 1 is 0.933 bits per heavy atom. The zero-order chi connectivity index (χ0) is 20.6. The number of fused-ring (bicyclic) bond motifs is 1. The summed E-state index contributed by atoms with van der Waals surface area (Å²) in [5.41, 5.74) is 3.19. The van der Waals surface area contributed by atoms with Gasteiger partial charge in [0.05, 0.1) is 10.6 Å². The topological polar surface area (TPSA) is 71.0 Å². The third kappa shape index (κ3) is 3.76. The second-order valence-electron chi connectivity index (χ2n) is 7.38. The molecule has 1 aliphatic carbocycles. The summed E-state index contributed by atoms with van der Waals surface area (Å²) in [4.78, 5) is 7.09. The minimum atomic E-state index is -3.64. The maximum absolute atomic E-state index is 12.6. The van der Waals surface area contributed by atoms with Crippen molar-refractivity contribution in [1.29, 1.82) is 0 Å². The highest BCUT2D eigenvalue weighted by Crippen LogP contribution is 2.36. The minimum absolute atomic E-state index is 0.224. The van der Waals surface area contributed by atoms with Gasteiger partial charge in [-0.3, -0.25) is 9.62 Å². The van der Waals surface area contributed by atoms with Gasteiger partial charge >= 0.3 is 0 Å². The molecule has 3 aromatic rings. The smallest absolute Gasteiger partial charge is 0.297 e. The molecule has 7 heteroatoms. The number of hydrogen-bond donors (Lipinski definition) is 1. The van der Waals surface area contributed by atoms with Crippen molar-refractivity contribution in [2.75, 3.05) is 9.62 Å². The number of ether oxygens (including phenoxy) is 1. The summed E-state index contributed by atoms with van der Waals surface area (Å²) in [5.74, 6) is 0. The Bertz CT molecular complexity index is 1190. The van der Waals surface area contributed by atoms with Crippen LogP contribution in [0.1, 0.15) is 18.4 Å². The molecule has 0 unspecified atom stereocenters. The van der Waals surface area contributed by atoms with Crippen molar-refractivity contribution in [3.8, 4) is 0 Å². The Balaban J connectivity index is 1.41. The second-order valence-corrected chi connectivity index (χ2v) is 9.06. The Hall–Kier alpha value is -3.32. The van der Waals surface area contributed by atoms with Crippen LogP contribution in [-0.2, 0) is 21.4 Å². The zero-order valence-corrected chi connectivity index (χ0v) is 17.0. The van der Waals surface area contributed by atoms with E-state index in [-0.39, 0.29) is 4.90 Å². The molecule has 0 aromatic heterocycles. The maximum atomic E-state index is 12.6. The first-order valence-electron chi connectivity index (χ1n) is 9.87. The number of hydrogen-bond acceptors (Lipinski definition) is 5. The average Bonchev–Trinajstić information content (AvgIpc) is 3.60. The largest absolute Gasteiger partial charge is 0.460 e. The average molecular weight is 420 g/mol. The number of aliphatic imine (C=N–C) groups is 1. The van der Waals surface area contributed by atoms with Crippen molar-refractivity contribution < 1.29 is 13.2 Å². The van der Waals surface area contributed by atoms with Crippen LogP contribution in [0.2, 0.25) is 0 Å². The van der Waals surface area contributed by atoms with E-state index >= 15 is 0 Å². The van der Waals surface area contributed by atoms with E-state index in [4.69, 9.17) is 9.73 Å². The van der Waals surface area contributed by atoms with Crippen molar-refractivity contribution in [1.82, 2.24) is 0 Å².